The third-order valence-electron chi connectivity index (χ3n) is 4.04. The van der Waals surface area contributed by atoms with Crippen LogP contribution in [0.15, 0.2) is 77.3 Å². The first-order chi connectivity index (χ1) is 11.7. The zero-order chi connectivity index (χ0) is 16.5. The summed E-state index contributed by atoms with van der Waals surface area (Å²) in [5, 5.41) is 4.73. The highest BCUT2D eigenvalue weighted by Gasteiger charge is 2.03. The molecule has 4 aromatic carbocycles. The summed E-state index contributed by atoms with van der Waals surface area (Å²) in [6, 6.07) is 23.5. The Labute approximate surface area is 148 Å². The van der Waals surface area contributed by atoms with Crippen LogP contribution in [-0.4, -0.2) is 0 Å². The highest BCUT2D eigenvalue weighted by atomic mass is 79.9. The van der Waals surface area contributed by atoms with Crippen LogP contribution < -0.4 is 0 Å². The molecule has 0 nitrogen and oxygen atoms in total. The molecule has 0 fully saturated rings. The van der Waals surface area contributed by atoms with Gasteiger partial charge in [0.05, 0.1) is 5.56 Å². The second-order valence-corrected chi connectivity index (χ2v) is 6.42. The average molecular weight is 375 g/mol. The maximum Gasteiger partial charge on any atom is 0.139 e. The van der Waals surface area contributed by atoms with Crippen LogP contribution in [0.2, 0.25) is 0 Å². The van der Waals surface area contributed by atoms with Gasteiger partial charge in [-0.25, -0.2) is 4.39 Å². The summed E-state index contributed by atoms with van der Waals surface area (Å²) in [6.45, 7) is 0. The largest absolute Gasteiger partial charge is 0.206 e. The molecule has 0 saturated carbocycles. The monoisotopic (exact) mass is 374 g/mol. The Hall–Kier alpha value is -2.63. The zero-order valence-electron chi connectivity index (χ0n) is 12.7. The van der Waals surface area contributed by atoms with Gasteiger partial charge in [-0.05, 0) is 61.7 Å². The lowest BCUT2D eigenvalue weighted by Gasteiger charge is -2.04. The van der Waals surface area contributed by atoms with Crippen LogP contribution in [0.4, 0.5) is 4.39 Å². The summed E-state index contributed by atoms with van der Waals surface area (Å²) in [4.78, 5) is 0. The van der Waals surface area contributed by atoms with Gasteiger partial charge in [0.15, 0.2) is 0 Å². The predicted octanol–water partition coefficient (Wildman–Crippen LogP) is 6.29. The van der Waals surface area contributed by atoms with Crippen LogP contribution in [0.3, 0.4) is 0 Å². The van der Waals surface area contributed by atoms with Crippen LogP contribution in [0.5, 0.6) is 0 Å². The van der Waals surface area contributed by atoms with E-state index in [1.54, 1.807) is 12.1 Å². The Balaban J connectivity index is 1.87. The summed E-state index contributed by atoms with van der Waals surface area (Å²) in [5.41, 5.74) is 1.25. The molecular formula is C22H12BrF. The van der Waals surface area contributed by atoms with Crippen molar-refractivity contribution < 1.29 is 4.39 Å². The van der Waals surface area contributed by atoms with Crippen molar-refractivity contribution in [3.8, 4) is 11.8 Å². The first-order valence-corrected chi connectivity index (χ1v) is 8.39. The van der Waals surface area contributed by atoms with Crippen molar-refractivity contribution in [2.24, 2.45) is 0 Å². The number of benzene rings is 4. The molecule has 0 radical (unpaired) electrons. The Bertz CT molecular complexity index is 1110. The Morgan fingerprint density at radius 2 is 1.46 bits per heavy atom. The third-order valence-corrected chi connectivity index (χ3v) is 4.70. The Morgan fingerprint density at radius 1 is 0.708 bits per heavy atom. The van der Waals surface area contributed by atoms with Crippen molar-refractivity contribution >= 4 is 37.5 Å². The minimum absolute atomic E-state index is 0.317. The maximum atomic E-state index is 13.9. The molecule has 4 aromatic rings. The molecular weight excluding hydrogens is 363 g/mol. The molecule has 2 heteroatoms. The van der Waals surface area contributed by atoms with Gasteiger partial charge < -0.3 is 0 Å². The van der Waals surface area contributed by atoms with Gasteiger partial charge in [0.2, 0.25) is 0 Å². The fourth-order valence-corrected chi connectivity index (χ4v) is 3.27. The summed E-state index contributed by atoms with van der Waals surface area (Å²) in [7, 11) is 0. The highest BCUT2D eigenvalue weighted by Crippen LogP contribution is 2.26. The van der Waals surface area contributed by atoms with E-state index in [-0.39, 0.29) is 5.82 Å². The number of fused-ring (bicyclic) bond motifs is 3. The summed E-state index contributed by atoms with van der Waals surface area (Å²) < 4.78 is 14.5. The number of rotatable bonds is 0. The minimum atomic E-state index is -0.317. The van der Waals surface area contributed by atoms with Crippen LogP contribution in [0, 0.1) is 17.7 Å². The maximum absolute atomic E-state index is 13.9. The molecule has 0 N–H and O–H groups in total. The fraction of sp³-hybridized carbons (Fsp3) is 0. The molecule has 0 aromatic heterocycles. The number of hydrogen-bond acceptors (Lipinski definition) is 0. The van der Waals surface area contributed by atoms with Gasteiger partial charge in [-0.3, -0.25) is 0 Å². The summed E-state index contributed by atoms with van der Waals surface area (Å²) >= 11 is 3.35. The van der Waals surface area contributed by atoms with Gasteiger partial charge in [-0.2, -0.15) is 0 Å². The van der Waals surface area contributed by atoms with Crippen LogP contribution in [-0.2, 0) is 0 Å². The molecule has 0 heterocycles. The van der Waals surface area contributed by atoms with E-state index < -0.39 is 0 Å². The van der Waals surface area contributed by atoms with Crippen molar-refractivity contribution in [2.75, 3.05) is 0 Å². The van der Waals surface area contributed by atoms with Gasteiger partial charge in [-0.15, -0.1) is 0 Å². The molecule has 24 heavy (non-hydrogen) atoms. The van der Waals surface area contributed by atoms with E-state index in [1.807, 2.05) is 18.2 Å². The average Bonchev–Trinajstić information content (AvgIpc) is 2.61. The van der Waals surface area contributed by atoms with Crippen molar-refractivity contribution in [3.63, 3.8) is 0 Å². The second-order valence-electron chi connectivity index (χ2n) is 5.57. The topological polar surface area (TPSA) is 0 Å². The van der Waals surface area contributed by atoms with Gasteiger partial charge in [-0.1, -0.05) is 60.4 Å². The van der Waals surface area contributed by atoms with E-state index in [9.17, 15) is 4.39 Å². The van der Waals surface area contributed by atoms with Crippen molar-refractivity contribution in [1.82, 2.24) is 0 Å². The van der Waals surface area contributed by atoms with E-state index in [0.717, 1.165) is 10.9 Å². The number of hydrogen-bond donors (Lipinski definition) is 0. The van der Waals surface area contributed by atoms with Gasteiger partial charge >= 0.3 is 0 Å². The van der Waals surface area contributed by atoms with Crippen molar-refractivity contribution in [3.05, 3.63) is 94.2 Å². The van der Waals surface area contributed by atoms with E-state index in [1.165, 1.54) is 22.2 Å². The molecule has 0 aliphatic carbocycles. The van der Waals surface area contributed by atoms with Crippen LogP contribution in [0.1, 0.15) is 11.1 Å². The molecule has 0 saturated heterocycles. The number of halogens is 2. The lowest BCUT2D eigenvalue weighted by Crippen LogP contribution is -1.85. The molecule has 0 atom stereocenters. The molecule has 0 aliphatic heterocycles. The molecule has 0 unspecified atom stereocenters. The smallest absolute Gasteiger partial charge is 0.139 e. The quantitative estimate of drug-likeness (QED) is 0.250. The lowest BCUT2D eigenvalue weighted by molar-refractivity contribution is 0.623. The van der Waals surface area contributed by atoms with Gasteiger partial charge in [0.1, 0.15) is 5.82 Å². The minimum Gasteiger partial charge on any atom is -0.206 e. The molecule has 4 rings (SSSR count). The molecule has 0 aliphatic rings. The van der Waals surface area contributed by atoms with Crippen LogP contribution >= 0.6 is 15.9 Å². The second kappa shape index (κ2) is 6.11. The normalized spacial score (nSPS) is 10.6. The highest BCUT2D eigenvalue weighted by molar-refractivity contribution is 9.10. The third kappa shape index (κ3) is 2.68. The Kier molecular flexibility index (Phi) is 3.80. The summed E-state index contributed by atoms with van der Waals surface area (Å²) in [5.74, 6) is 5.70. The van der Waals surface area contributed by atoms with E-state index >= 15 is 0 Å². The standard InChI is InChI=1S/C22H12BrF/c23-21-6-3-7-22(24)19(21)13-9-15-8-10-17-12-11-16-4-1-2-5-18(16)20(17)14-15/h1-8,10-12,14H. The molecule has 114 valence electrons. The predicted molar refractivity (Wildman–Crippen MR) is 102 cm³/mol. The van der Waals surface area contributed by atoms with E-state index in [0.29, 0.717) is 10.0 Å². The lowest BCUT2D eigenvalue weighted by atomic mass is 10.00. The van der Waals surface area contributed by atoms with E-state index in [4.69, 9.17) is 0 Å². The molecule has 0 amide bonds. The van der Waals surface area contributed by atoms with Crippen molar-refractivity contribution in [1.29, 1.82) is 0 Å². The first kappa shape index (κ1) is 14.9. The molecule has 0 spiro atoms. The molecule has 0 bridgehead atoms. The van der Waals surface area contributed by atoms with Crippen molar-refractivity contribution in [2.45, 2.75) is 0 Å². The van der Waals surface area contributed by atoms with Crippen LogP contribution in [0.25, 0.3) is 21.5 Å². The van der Waals surface area contributed by atoms with Gasteiger partial charge in [0.25, 0.3) is 0 Å². The fourth-order valence-electron chi connectivity index (χ4n) is 2.83. The first-order valence-electron chi connectivity index (χ1n) is 7.60. The Morgan fingerprint density at radius 3 is 2.29 bits per heavy atom. The van der Waals surface area contributed by atoms with E-state index in [2.05, 4.69) is 64.2 Å². The summed E-state index contributed by atoms with van der Waals surface area (Å²) in [6.07, 6.45) is 0. The SMILES string of the molecule is Fc1cccc(Br)c1C#Cc1ccc2ccc3ccccc3c2c1. The zero-order valence-corrected chi connectivity index (χ0v) is 14.3. The van der Waals surface area contributed by atoms with Gasteiger partial charge in [0, 0.05) is 10.0 Å².